The van der Waals surface area contributed by atoms with Crippen molar-refractivity contribution in [2.24, 2.45) is 0 Å². The molecule has 1 atom stereocenters. The highest BCUT2D eigenvalue weighted by molar-refractivity contribution is 6.02. The third-order valence-corrected chi connectivity index (χ3v) is 4.84. The molecule has 0 fully saturated rings. The second-order valence-corrected chi connectivity index (χ2v) is 7.23. The summed E-state index contributed by atoms with van der Waals surface area (Å²) in [4.78, 5) is 54.0. The van der Waals surface area contributed by atoms with Crippen LogP contribution in [-0.2, 0) is 11.3 Å². The Labute approximate surface area is 183 Å². The minimum absolute atomic E-state index is 0.0560. The van der Waals surface area contributed by atoms with Gasteiger partial charge in [0.25, 0.3) is 11.5 Å². The number of anilines is 2. The minimum atomic E-state index is -0.979. The quantitative estimate of drug-likeness (QED) is 0.483. The molecule has 0 saturated carbocycles. The lowest BCUT2D eigenvalue weighted by atomic mass is 10.2. The van der Waals surface area contributed by atoms with Crippen LogP contribution < -0.4 is 27.2 Å². The fraction of sp³-hybridized carbons (Fsp3) is 0.273. The van der Waals surface area contributed by atoms with Crippen molar-refractivity contribution in [1.29, 1.82) is 0 Å². The molecule has 1 aromatic carbocycles. The van der Waals surface area contributed by atoms with Crippen LogP contribution >= 0.6 is 0 Å². The Balaban J connectivity index is 1.95. The lowest BCUT2D eigenvalue weighted by molar-refractivity contribution is -0.120. The zero-order chi connectivity index (χ0) is 23.3. The SMILES string of the molecule is CCCN(C(=O)[C@H](C)NC(=O)c1ccco1)c1c(N)n(Cc2ccccc2)c(=O)[nH]c1=O. The van der Waals surface area contributed by atoms with Crippen LogP contribution in [0.15, 0.2) is 62.7 Å². The predicted octanol–water partition coefficient (Wildman–Crippen LogP) is 1.32. The van der Waals surface area contributed by atoms with E-state index in [1.165, 1.54) is 28.7 Å². The number of carbonyl (C=O) groups is 2. The molecule has 3 aromatic rings. The van der Waals surface area contributed by atoms with Crippen LogP contribution in [0.3, 0.4) is 0 Å². The average Bonchev–Trinajstić information content (AvgIpc) is 3.31. The van der Waals surface area contributed by atoms with E-state index in [0.29, 0.717) is 6.42 Å². The Morgan fingerprint density at radius 3 is 2.53 bits per heavy atom. The van der Waals surface area contributed by atoms with Crippen LogP contribution in [0.1, 0.15) is 36.4 Å². The predicted molar refractivity (Wildman–Crippen MR) is 120 cm³/mol. The topological polar surface area (TPSA) is 143 Å². The maximum absolute atomic E-state index is 13.2. The highest BCUT2D eigenvalue weighted by Crippen LogP contribution is 2.19. The number of H-pyrrole nitrogens is 1. The molecule has 32 heavy (non-hydrogen) atoms. The van der Waals surface area contributed by atoms with Crippen molar-refractivity contribution in [1.82, 2.24) is 14.9 Å². The van der Waals surface area contributed by atoms with E-state index in [-0.39, 0.29) is 30.4 Å². The number of furan rings is 1. The molecule has 168 valence electrons. The normalized spacial score (nSPS) is 11.7. The van der Waals surface area contributed by atoms with Crippen molar-refractivity contribution in [3.63, 3.8) is 0 Å². The molecule has 0 bridgehead atoms. The van der Waals surface area contributed by atoms with Crippen molar-refractivity contribution in [2.45, 2.75) is 32.9 Å². The molecule has 10 nitrogen and oxygen atoms in total. The maximum atomic E-state index is 13.2. The van der Waals surface area contributed by atoms with E-state index in [9.17, 15) is 19.2 Å². The Kier molecular flexibility index (Phi) is 6.93. The molecule has 0 aliphatic heterocycles. The number of hydrogen-bond acceptors (Lipinski definition) is 6. The van der Waals surface area contributed by atoms with E-state index in [0.717, 1.165) is 5.56 Å². The Hall–Kier alpha value is -4.08. The molecule has 3 rings (SSSR count). The number of nitrogens with two attached hydrogens (primary N) is 1. The second-order valence-electron chi connectivity index (χ2n) is 7.23. The Bertz CT molecular complexity index is 1200. The van der Waals surface area contributed by atoms with E-state index in [1.807, 2.05) is 37.3 Å². The largest absolute Gasteiger partial charge is 0.459 e. The number of benzene rings is 1. The number of carbonyl (C=O) groups excluding carboxylic acids is 2. The van der Waals surface area contributed by atoms with Gasteiger partial charge < -0.3 is 20.4 Å². The van der Waals surface area contributed by atoms with Gasteiger partial charge in [0.1, 0.15) is 11.9 Å². The zero-order valence-corrected chi connectivity index (χ0v) is 17.8. The first-order chi connectivity index (χ1) is 15.3. The molecule has 0 saturated heterocycles. The first-order valence-corrected chi connectivity index (χ1v) is 10.2. The molecule has 2 heterocycles. The summed E-state index contributed by atoms with van der Waals surface area (Å²) in [6.45, 7) is 3.61. The lowest BCUT2D eigenvalue weighted by Gasteiger charge is -2.27. The van der Waals surface area contributed by atoms with E-state index in [1.54, 1.807) is 6.07 Å². The molecule has 0 spiro atoms. The number of nitrogens with zero attached hydrogens (tertiary/aromatic N) is 2. The molecule has 0 radical (unpaired) electrons. The molecule has 2 aromatic heterocycles. The average molecular weight is 439 g/mol. The summed E-state index contributed by atoms with van der Waals surface area (Å²) in [5.74, 6) is -1.19. The van der Waals surface area contributed by atoms with Gasteiger partial charge >= 0.3 is 5.69 Å². The van der Waals surface area contributed by atoms with E-state index < -0.39 is 29.1 Å². The van der Waals surface area contributed by atoms with Crippen molar-refractivity contribution < 1.29 is 14.0 Å². The van der Waals surface area contributed by atoms with Crippen LogP contribution in [0.25, 0.3) is 0 Å². The highest BCUT2D eigenvalue weighted by Gasteiger charge is 2.28. The summed E-state index contributed by atoms with van der Waals surface area (Å²) >= 11 is 0. The standard InChI is InChI=1S/C22H25N5O5/c1-3-11-26(21(30)14(2)24-19(28)16-10-7-12-32-16)17-18(23)27(22(31)25-20(17)29)13-15-8-5-4-6-9-15/h4-10,12,14H,3,11,13,23H2,1-2H3,(H,24,28)(H,25,29,31)/t14-/m0/s1. The van der Waals surface area contributed by atoms with Gasteiger partial charge in [0, 0.05) is 6.54 Å². The number of aromatic nitrogens is 2. The number of nitrogens with one attached hydrogen (secondary N) is 2. The number of amides is 2. The van der Waals surface area contributed by atoms with Gasteiger partial charge in [-0.05, 0) is 31.0 Å². The van der Waals surface area contributed by atoms with Crippen LogP contribution in [0.5, 0.6) is 0 Å². The molecule has 10 heteroatoms. The highest BCUT2D eigenvalue weighted by atomic mass is 16.3. The van der Waals surface area contributed by atoms with Gasteiger partial charge in [0.15, 0.2) is 11.4 Å². The number of aromatic amines is 1. The third-order valence-electron chi connectivity index (χ3n) is 4.84. The molecular formula is C22H25N5O5. The third kappa shape index (κ3) is 4.80. The molecule has 0 aliphatic rings. The van der Waals surface area contributed by atoms with Crippen molar-refractivity contribution >= 4 is 23.3 Å². The monoisotopic (exact) mass is 439 g/mol. The van der Waals surface area contributed by atoms with Gasteiger partial charge in [0.2, 0.25) is 5.91 Å². The number of hydrogen-bond donors (Lipinski definition) is 3. The smallest absolute Gasteiger partial charge is 0.330 e. The van der Waals surface area contributed by atoms with E-state index in [2.05, 4.69) is 10.3 Å². The van der Waals surface area contributed by atoms with Crippen LogP contribution in [0, 0.1) is 0 Å². The van der Waals surface area contributed by atoms with Gasteiger partial charge in [-0.2, -0.15) is 0 Å². The Morgan fingerprint density at radius 1 is 1.19 bits per heavy atom. The molecule has 2 amide bonds. The Morgan fingerprint density at radius 2 is 1.91 bits per heavy atom. The summed E-state index contributed by atoms with van der Waals surface area (Å²) < 4.78 is 6.24. The van der Waals surface area contributed by atoms with Crippen LogP contribution in [0.2, 0.25) is 0 Å². The van der Waals surface area contributed by atoms with Gasteiger partial charge in [0.05, 0.1) is 12.8 Å². The van der Waals surface area contributed by atoms with Crippen LogP contribution in [-0.4, -0.2) is 34.0 Å². The van der Waals surface area contributed by atoms with E-state index >= 15 is 0 Å². The summed E-state index contributed by atoms with van der Waals surface area (Å²) in [7, 11) is 0. The summed E-state index contributed by atoms with van der Waals surface area (Å²) in [5.41, 5.74) is 5.44. The van der Waals surface area contributed by atoms with Crippen molar-refractivity contribution in [2.75, 3.05) is 17.2 Å². The van der Waals surface area contributed by atoms with Gasteiger partial charge in [-0.1, -0.05) is 37.3 Å². The van der Waals surface area contributed by atoms with Gasteiger partial charge in [-0.25, -0.2) is 4.79 Å². The van der Waals surface area contributed by atoms with Gasteiger partial charge in [-0.3, -0.25) is 23.9 Å². The van der Waals surface area contributed by atoms with Crippen molar-refractivity contribution in [3.8, 4) is 0 Å². The number of nitrogen functional groups attached to an aromatic ring is 1. The summed E-state index contributed by atoms with van der Waals surface area (Å²) in [6.07, 6.45) is 1.86. The van der Waals surface area contributed by atoms with Crippen molar-refractivity contribution in [3.05, 3.63) is 80.9 Å². The molecule has 0 aliphatic carbocycles. The van der Waals surface area contributed by atoms with Crippen LogP contribution in [0.4, 0.5) is 11.5 Å². The summed E-state index contributed by atoms with van der Waals surface area (Å²) in [5, 5.41) is 2.55. The summed E-state index contributed by atoms with van der Waals surface area (Å²) in [6, 6.07) is 11.2. The lowest BCUT2D eigenvalue weighted by Crippen LogP contribution is -2.50. The maximum Gasteiger partial charge on any atom is 0.330 e. The first-order valence-electron chi connectivity index (χ1n) is 10.2. The molecule has 4 N–H and O–H groups in total. The zero-order valence-electron chi connectivity index (χ0n) is 17.8. The van der Waals surface area contributed by atoms with E-state index in [4.69, 9.17) is 10.2 Å². The van der Waals surface area contributed by atoms with Gasteiger partial charge in [-0.15, -0.1) is 0 Å². The number of rotatable bonds is 8. The molecule has 0 unspecified atom stereocenters. The molecular weight excluding hydrogens is 414 g/mol. The second kappa shape index (κ2) is 9.82. The fourth-order valence-electron chi connectivity index (χ4n) is 3.29. The first kappa shape index (κ1) is 22.6. The minimum Gasteiger partial charge on any atom is -0.459 e. The fourth-order valence-corrected chi connectivity index (χ4v) is 3.29.